The molecule has 2 aromatic rings. The summed E-state index contributed by atoms with van der Waals surface area (Å²) < 4.78 is 31.7. The van der Waals surface area contributed by atoms with E-state index in [1.807, 2.05) is 0 Å². The molecule has 0 amide bonds. The number of hydrogen-bond acceptors (Lipinski definition) is 5. The highest BCUT2D eigenvalue weighted by Gasteiger charge is 2.21. The molecular formula is C12H12Cl2N2O4S. The molecule has 1 aromatic heterocycles. The van der Waals surface area contributed by atoms with Gasteiger partial charge in [0.2, 0.25) is 10.0 Å². The van der Waals surface area contributed by atoms with Gasteiger partial charge in [0.25, 0.3) is 0 Å². The van der Waals surface area contributed by atoms with Crippen LogP contribution in [0.25, 0.3) is 0 Å². The van der Waals surface area contributed by atoms with Gasteiger partial charge in [0.05, 0.1) is 23.9 Å². The van der Waals surface area contributed by atoms with Crippen LogP contribution >= 0.6 is 23.2 Å². The van der Waals surface area contributed by atoms with Gasteiger partial charge in [-0.25, -0.2) is 13.1 Å². The van der Waals surface area contributed by atoms with Crippen LogP contribution in [0.1, 0.15) is 17.0 Å². The standard InChI is InChI=1S/C12H12Cl2N2O4S/c1-7-4-8(16-20-7)5-15-21(18,19)11-3-2-10(13)9(6-17)12(11)14/h2-4,15,17H,5-6H2,1H3. The summed E-state index contributed by atoms with van der Waals surface area (Å²) in [7, 11) is -3.86. The summed E-state index contributed by atoms with van der Waals surface area (Å²) in [5.74, 6) is 0.580. The third-order valence-corrected chi connectivity index (χ3v) is 5.06. The van der Waals surface area contributed by atoms with Crippen LogP contribution in [0.5, 0.6) is 0 Å². The van der Waals surface area contributed by atoms with E-state index in [1.165, 1.54) is 12.1 Å². The van der Waals surface area contributed by atoms with Crippen molar-refractivity contribution >= 4 is 33.2 Å². The van der Waals surface area contributed by atoms with E-state index >= 15 is 0 Å². The Balaban J connectivity index is 2.27. The fourth-order valence-corrected chi connectivity index (χ4v) is 3.57. The van der Waals surface area contributed by atoms with Crippen molar-refractivity contribution in [1.82, 2.24) is 9.88 Å². The first-order valence-corrected chi connectivity index (χ1v) is 8.08. The summed E-state index contributed by atoms with van der Waals surface area (Å²) in [5, 5.41) is 13.0. The lowest BCUT2D eigenvalue weighted by molar-refractivity contribution is 0.281. The van der Waals surface area contributed by atoms with Gasteiger partial charge in [-0.1, -0.05) is 28.4 Å². The van der Waals surface area contributed by atoms with Crippen LogP contribution in [0.2, 0.25) is 10.0 Å². The minimum Gasteiger partial charge on any atom is -0.392 e. The summed E-state index contributed by atoms with van der Waals surface area (Å²) in [6.07, 6.45) is 0. The third-order valence-electron chi connectivity index (χ3n) is 2.72. The van der Waals surface area contributed by atoms with Crippen molar-refractivity contribution < 1.29 is 18.0 Å². The van der Waals surface area contributed by atoms with Gasteiger partial charge in [-0.05, 0) is 19.1 Å². The number of sulfonamides is 1. The molecule has 0 saturated carbocycles. The van der Waals surface area contributed by atoms with Crippen LogP contribution < -0.4 is 4.72 Å². The van der Waals surface area contributed by atoms with Gasteiger partial charge < -0.3 is 9.63 Å². The molecule has 1 heterocycles. The summed E-state index contributed by atoms with van der Waals surface area (Å²) in [5.41, 5.74) is 0.613. The molecule has 0 bridgehead atoms. The average Bonchev–Trinajstić information content (AvgIpc) is 2.83. The Morgan fingerprint density at radius 2 is 2.10 bits per heavy atom. The zero-order valence-corrected chi connectivity index (χ0v) is 13.3. The summed E-state index contributed by atoms with van der Waals surface area (Å²) in [6.45, 7) is 1.21. The van der Waals surface area contributed by atoms with Crippen molar-refractivity contribution in [2.24, 2.45) is 0 Å². The Bertz CT molecular complexity index is 759. The summed E-state index contributed by atoms with van der Waals surface area (Å²) >= 11 is 11.8. The molecule has 6 nitrogen and oxygen atoms in total. The molecule has 0 aliphatic heterocycles. The highest BCUT2D eigenvalue weighted by molar-refractivity contribution is 7.89. The Morgan fingerprint density at radius 3 is 2.67 bits per heavy atom. The smallest absolute Gasteiger partial charge is 0.242 e. The Morgan fingerprint density at radius 1 is 1.38 bits per heavy atom. The normalized spacial score (nSPS) is 11.8. The van der Waals surface area contributed by atoms with Gasteiger partial charge in [-0.15, -0.1) is 0 Å². The van der Waals surface area contributed by atoms with E-state index in [-0.39, 0.29) is 27.0 Å². The van der Waals surface area contributed by atoms with E-state index in [0.29, 0.717) is 11.5 Å². The van der Waals surface area contributed by atoms with Crippen LogP contribution in [-0.4, -0.2) is 18.7 Å². The Hall–Kier alpha value is -1.12. The van der Waals surface area contributed by atoms with Crippen molar-refractivity contribution in [2.45, 2.75) is 25.0 Å². The molecule has 9 heteroatoms. The van der Waals surface area contributed by atoms with Crippen molar-refractivity contribution in [3.63, 3.8) is 0 Å². The quantitative estimate of drug-likeness (QED) is 0.862. The lowest BCUT2D eigenvalue weighted by Gasteiger charge is -2.11. The second-order valence-electron chi connectivity index (χ2n) is 4.25. The molecule has 0 fully saturated rings. The average molecular weight is 351 g/mol. The SMILES string of the molecule is Cc1cc(CNS(=O)(=O)c2ccc(Cl)c(CO)c2Cl)no1. The van der Waals surface area contributed by atoms with Crippen LogP contribution in [0.15, 0.2) is 27.6 Å². The topological polar surface area (TPSA) is 92.4 Å². The van der Waals surface area contributed by atoms with Crippen LogP contribution in [0.4, 0.5) is 0 Å². The Labute approximate surface area is 131 Å². The fraction of sp³-hybridized carbons (Fsp3) is 0.250. The maximum Gasteiger partial charge on any atom is 0.242 e. The minimum absolute atomic E-state index is 0.0346. The second-order valence-corrected chi connectivity index (χ2v) is 6.77. The first-order chi connectivity index (χ1) is 9.85. The van der Waals surface area contributed by atoms with Crippen LogP contribution in [0, 0.1) is 6.92 Å². The zero-order chi connectivity index (χ0) is 15.6. The van der Waals surface area contributed by atoms with Gasteiger partial charge in [0.1, 0.15) is 10.7 Å². The van der Waals surface area contributed by atoms with Crippen molar-refractivity contribution in [3.05, 3.63) is 45.3 Å². The molecule has 0 aliphatic rings. The summed E-state index contributed by atoms with van der Waals surface area (Å²) in [6, 6.07) is 4.26. The van der Waals surface area contributed by atoms with E-state index in [0.717, 1.165) is 0 Å². The van der Waals surface area contributed by atoms with E-state index in [9.17, 15) is 13.5 Å². The number of hydrogen-bond donors (Lipinski definition) is 2. The van der Waals surface area contributed by atoms with E-state index in [2.05, 4.69) is 9.88 Å². The highest BCUT2D eigenvalue weighted by atomic mass is 35.5. The number of aliphatic hydroxyl groups is 1. The molecule has 0 spiro atoms. The molecule has 0 aliphatic carbocycles. The molecule has 0 unspecified atom stereocenters. The number of aryl methyl sites for hydroxylation is 1. The lowest BCUT2D eigenvalue weighted by Crippen LogP contribution is -2.24. The number of benzene rings is 1. The predicted octanol–water partition coefficient (Wildman–Crippen LogP) is 2.26. The molecule has 0 radical (unpaired) electrons. The molecule has 2 N–H and O–H groups in total. The molecule has 2 rings (SSSR count). The minimum atomic E-state index is -3.86. The largest absolute Gasteiger partial charge is 0.392 e. The van der Waals surface area contributed by atoms with Gasteiger partial charge in [-0.2, -0.15) is 0 Å². The number of aliphatic hydroxyl groups excluding tert-OH is 1. The monoisotopic (exact) mass is 350 g/mol. The van der Waals surface area contributed by atoms with Crippen molar-refractivity contribution in [3.8, 4) is 0 Å². The summed E-state index contributed by atoms with van der Waals surface area (Å²) in [4.78, 5) is -0.155. The number of halogens is 2. The van der Waals surface area contributed by atoms with E-state index in [1.54, 1.807) is 13.0 Å². The maximum absolute atomic E-state index is 12.2. The second kappa shape index (κ2) is 6.33. The lowest BCUT2D eigenvalue weighted by atomic mass is 10.2. The van der Waals surface area contributed by atoms with Gasteiger partial charge >= 0.3 is 0 Å². The van der Waals surface area contributed by atoms with Gasteiger partial charge in [0.15, 0.2) is 0 Å². The molecule has 1 aromatic carbocycles. The molecule has 21 heavy (non-hydrogen) atoms. The van der Waals surface area contributed by atoms with Gasteiger partial charge in [0, 0.05) is 16.7 Å². The van der Waals surface area contributed by atoms with Gasteiger partial charge in [-0.3, -0.25) is 0 Å². The molecule has 0 saturated heterocycles. The number of aromatic nitrogens is 1. The van der Waals surface area contributed by atoms with E-state index < -0.39 is 16.6 Å². The van der Waals surface area contributed by atoms with Crippen molar-refractivity contribution in [1.29, 1.82) is 0 Å². The van der Waals surface area contributed by atoms with E-state index in [4.69, 9.17) is 27.7 Å². The van der Waals surface area contributed by atoms with Crippen LogP contribution in [0.3, 0.4) is 0 Å². The maximum atomic E-state index is 12.2. The zero-order valence-electron chi connectivity index (χ0n) is 10.9. The number of rotatable bonds is 5. The first kappa shape index (κ1) is 16.3. The molecule has 0 atom stereocenters. The highest BCUT2D eigenvalue weighted by Crippen LogP contribution is 2.31. The number of nitrogens with zero attached hydrogens (tertiary/aromatic N) is 1. The van der Waals surface area contributed by atoms with Crippen molar-refractivity contribution in [2.75, 3.05) is 0 Å². The molecular weight excluding hydrogens is 339 g/mol. The number of nitrogens with one attached hydrogen (secondary N) is 1. The third kappa shape index (κ3) is 3.56. The fourth-order valence-electron chi connectivity index (χ4n) is 1.68. The Kier molecular flexibility index (Phi) is 4.90. The van der Waals surface area contributed by atoms with Crippen LogP contribution in [-0.2, 0) is 23.2 Å². The molecule has 114 valence electrons. The predicted molar refractivity (Wildman–Crippen MR) is 77.7 cm³/mol. The first-order valence-electron chi connectivity index (χ1n) is 5.84.